The summed E-state index contributed by atoms with van der Waals surface area (Å²) in [5.41, 5.74) is 1.20. The van der Waals surface area contributed by atoms with Crippen LogP contribution in [0.25, 0.3) is 0 Å². The summed E-state index contributed by atoms with van der Waals surface area (Å²) in [4.78, 5) is 2.42. The van der Waals surface area contributed by atoms with Crippen LogP contribution in [0.4, 0.5) is 5.69 Å². The molecule has 0 aromatic heterocycles. The number of nitrogens with one attached hydrogen (secondary N) is 1. The molecule has 1 aromatic carbocycles. The molecular formula is C13H19BrN2. The summed E-state index contributed by atoms with van der Waals surface area (Å²) in [5.74, 6) is 0.984. The van der Waals surface area contributed by atoms with E-state index in [1.807, 2.05) is 0 Å². The molecule has 0 aliphatic heterocycles. The van der Waals surface area contributed by atoms with Crippen molar-refractivity contribution in [1.82, 2.24) is 4.90 Å². The van der Waals surface area contributed by atoms with Crippen LogP contribution in [-0.2, 0) is 0 Å². The average Bonchev–Trinajstić information content (AvgIpc) is 3.05. The molecule has 16 heavy (non-hydrogen) atoms. The maximum atomic E-state index is 3.43. The van der Waals surface area contributed by atoms with Crippen molar-refractivity contribution >= 4 is 21.6 Å². The van der Waals surface area contributed by atoms with Crippen LogP contribution in [0.1, 0.15) is 12.8 Å². The lowest BCUT2D eigenvalue weighted by molar-refractivity contribution is 0.332. The Morgan fingerprint density at radius 3 is 2.62 bits per heavy atom. The number of likely N-dealkylation sites (N-methyl/N-ethyl adjacent to an activating group) is 1. The van der Waals surface area contributed by atoms with Crippen LogP contribution in [0.2, 0.25) is 0 Å². The Morgan fingerprint density at radius 2 is 2.00 bits per heavy atom. The van der Waals surface area contributed by atoms with Crippen molar-refractivity contribution in [3.05, 3.63) is 28.7 Å². The number of hydrogen-bond donors (Lipinski definition) is 1. The number of rotatable bonds is 6. The van der Waals surface area contributed by atoms with Crippen LogP contribution in [0, 0.1) is 5.92 Å². The van der Waals surface area contributed by atoms with Crippen molar-refractivity contribution in [2.75, 3.05) is 32.0 Å². The van der Waals surface area contributed by atoms with E-state index in [0.29, 0.717) is 0 Å². The first-order chi connectivity index (χ1) is 7.74. The molecule has 1 aliphatic rings. The molecule has 0 spiro atoms. The Bertz CT molecular complexity index is 319. The Balaban J connectivity index is 1.64. The Morgan fingerprint density at radius 1 is 1.31 bits per heavy atom. The molecule has 2 rings (SSSR count). The highest BCUT2D eigenvalue weighted by molar-refractivity contribution is 9.10. The molecule has 1 saturated carbocycles. The summed E-state index contributed by atoms with van der Waals surface area (Å²) in [5, 5.41) is 3.43. The number of benzene rings is 1. The van der Waals surface area contributed by atoms with Gasteiger partial charge in [0, 0.05) is 29.8 Å². The highest BCUT2D eigenvalue weighted by Crippen LogP contribution is 2.29. The van der Waals surface area contributed by atoms with E-state index in [4.69, 9.17) is 0 Å². The van der Waals surface area contributed by atoms with Crippen LogP contribution >= 0.6 is 15.9 Å². The zero-order valence-electron chi connectivity index (χ0n) is 9.75. The predicted octanol–water partition coefficient (Wildman–Crippen LogP) is 3.20. The van der Waals surface area contributed by atoms with E-state index in [1.54, 1.807) is 0 Å². The van der Waals surface area contributed by atoms with E-state index in [2.05, 4.69) is 57.5 Å². The van der Waals surface area contributed by atoms with Gasteiger partial charge in [-0.3, -0.25) is 0 Å². The summed E-state index contributed by atoms with van der Waals surface area (Å²) < 4.78 is 1.13. The lowest BCUT2D eigenvalue weighted by atomic mass is 10.3. The third-order valence-electron chi connectivity index (χ3n) is 2.93. The standard InChI is InChI=1S/C13H19BrN2/c1-16(10-11-2-3-11)9-8-15-13-6-4-12(14)5-7-13/h4-7,11,15H,2-3,8-10H2,1H3. The molecule has 88 valence electrons. The third kappa shape index (κ3) is 4.14. The van der Waals surface area contributed by atoms with E-state index in [0.717, 1.165) is 23.5 Å². The second kappa shape index (κ2) is 5.69. The topological polar surface area (TPSA) is 15.3 Å². The Hall–Kier alpha value is -0.540. The van der Waals surface area contributed by atoms with Gasteiger partial charge in [0.2, 0.25) is 0 Å². The summed E-state index contributed by atoms with van der Waals surface area (Å²) in [6, 6.07) is 8.34. The molecular weight excluding hydrogens is 264 g/mol. The molecule has 1 fully saturated rings. The number of halogens is 1. The molecule has 3 heteroatoms. The van der Waals surface area contributed by atoms with Gasteiger partial charge in [-0.05, 0) is 50.1 Å². The SMILES string of the molecule is CN(CCNc1ccc(Br)cc1)CC1CC1. The van der Waals surface area contributed by atoms with E-state index >= 15 is 0 Å². The quantitative estimate of drug-likeness (QED) is 0.862. The van der Waals surface area contributed by atoms with Gasteiger partial charge < -0.3 is 10.2 Å². The first-order valence-corrected chi connectivity index (χ1v) is 6.71. The number of hydrogen-bond acceptors (Lipinski definition) is 2. The van der Waals surface area contributed by atoms with Crippen molar-refractivity contribution < 1.29 is 0 Å². The highest BCUT2D eigenvalue weighted by Gasteiger charge is 2.22. The molecule has 1 aliphatic carbocycles. The van der Waals surface area contributed by atoms with Gasteiger partial charge in [-0.25, -0.2) is 0 Å². The fourth-order valence-corrected chi connectivity index (χ4v) is 2.06. The highest BCUT2D eigenvalue weighted by atomic mass is 79.9. The first-order valence-electron chi connectivity index (χ1n) is 5.92. The summed E-state index contributed by atoms with van der Waals surface area (Å²) in [6.45, 7) is 3.40. The van der Waals surface area contributed by atoms with Gasteiger partial charge in [-0.1, -0.05) is 15.9 Å². The number of nitrogens with zero attached hydrogens (tertiary/aromatic N) is 1. The maximum absolute atomic E-state index is 3.43. The molecule has 1 N–H and O–H groups in total. The Kier molecular flexibility index (Phi) is 4.24. The van der Waals surface area contributed by atoms with Gasteiger partial charge in [0.15, 0.2) is 0 Å². The third-order valence-corrected chi connectivity index (χ3v) is 3.46. The minimum atomic E-state index is 0.984. The fraction of sp³-hybridized carbons (Fsp3) is 0.538. The molecule has 0 bridgehead atoms. The van der Waals surface area contributed by atoms with Gasteiger partial charge >= 0.3 is 0 Å². The van der Waals surface area contributed by atoms with Crippen molar-refractivity contribution in [3.8, 4) is 0 Å². The van der Waals surface area contributed by atoms with Crippen LogP contribution in [0.15, 0.2) is 28.7 Å². The largest absolute Gasteiger partial charge is 0.384 e. The predicted molar refractivity (Wildman–Crippen MR) is 72.9 cm³/mol. The normalized spacial score (nSPS) is 15.4. The Labute approximate surface area is 106 Å². The van der Waals surface area contributed by atoms with Crippen molar-refractivity contribution in [1.29, 1.82) is 0 Å². The fourth-order valence-electron chi connectivity index (χ4n) is 1.79. The smallest absolute Gasteiger partial charge is 0.0341 e. The van der Waals surface area contributed by atoms with Crippen LogP contribution in [0.5, 0.6) is 0 Å². The van der Waals surface area contributed by atoms with Gasteiger partial charge in [-0.2, -0.15) is 0 Å². The van der Waals surface area contributed by atoms with E-state index in [9.17, 15) is 0 Å². The lowest BCUT2D eigenvalue weighted by Crippen LogP contribution is -2.27. The van der Waals surface area contributed by atoms with Crippen molar-refractivity contribution in [3.63, 3.8) is 0 Å². The van der Waals surface area contributed by atoms with Gasteiger partial charge in [-0.15, -0.1) is 0 Å². The van der Waals surface area contributed by atoms with E-state index in [-0.39, 0.29) is 0 Å². The molecule has 0 radical (unpaired) electrons. The summed E-state index contributed by atoms with van der Waals surface area (Å²) in [7, 11) is 2.21. The molecule has 0 unspecified atom stereocenters. The zero-order chi connectivity index (χ0) is 11.4. The molecule has 2 nitrogen and oxygen atoms in total. The van der Waals surface area contributed by atoms with Crippen LogP contribution in [0.3, 0.4) is 0 Å². The molecule has 1 aromatic rings. The van der Waals surface area contributed by atoms with Crippen LogP contribution in [-0.4, -0.2) is 31.6 Å². The minimum absolute atomic E-state index is 0.984. The second-order valence-electron chi connectivity index (χ2n) is 4.64. The van der Waals surface area contributed by atoms with Gasteiger partial charge in [0.1, 0.15) is 0 Å². The molecule has 0 atom stereocenters. The maximum Gasteiger partial charge on any atom is 0.0341 e. The molecule has 0 heterocycles. The van der Waals surface area contributed by atoms with E-state index < -0.39 is 0 Å². The van der Waals surface area contributed by atoms with Crippen molar-refractivity contribution in [2.45, 2.75) is 12.8 Å². The summed E-state index contributed by atoms with van der Waals surface area (Å²) in [6.07, 6.45) is 2.87. The first kappa shape index (κ1) is 11.9. The molecule has 0 saturated heterocycles. The van der Waals surface area contributed by atoms with Crippen LogP contribution < -0.4 is 5.32 Å². The summed E-state index contributed by atoms with van der Waals surface area (Å²) >= 11 is 3.43. The van der Waals surface area contributed by atoms with E-state index in [1.165, 1.54) is 25.1 Å². The monoisotopic (exact) mass is 282 g/mol. The zero-order valence-corrected chi connectivity index (χ0v) is 11.3. The average molecular weight is 283 g/mol. The minimum Gasteiger partial charge on any atom is -0.384 e. The molecule has 0 amide bonds. The number of anilines is 1. The second-order valence-corrected chi connectivity index (χ2v) is 5.55. The lowest BCUT2D eigenvalue weighted by Gasteiger charge is -2.16. The van der Waals surface area contributed by atoms with Crippen molar-refractivity contribution in [2.24, 2.45) is 5.92 Å². The van der Waals surface area contributed by atoms with Gasteiger partial charge in [0.25, 0.3) is 0 Å². The van der Waals surface area contributed by atoms with Gasteiger partial charge in [0.05, 0.1) is 0 Å².